The Morgan fingerprint density at radius 3 is 2.70 bits per heavy atom. The van der Waals surface area contributed by atoms with Gasteiger partial charge in [-0.3, -0.25) is 4.79 Å². The molecule has 0 bridgehead atoms. The fourth-order valence-electron chi connectivity index (χ4n) is 1.43. The first-order chi connectivity index (χ1) is 9.47. The summed E-state index contributed by atoms with van der Waals surface area (Å²) in [5.74, 6) is -0.719. The van der Waals surface area contributed by atoms with E-state index in [9.17, 15) is 9.90 Å². The molecule has 0 fully saturated rings. The van der Waals surface area contributed by atoms with Crippen LogP contribution in [0.15, 0.2) is 33.8 Å². The van der Waals surface area contributed by atoms with Gasteiger partial charge in [-0.25, -0.2) is 0 Å². The molecule has 8 heteroatoms. The number of halogens is 1. The van der Waals surface area contributed by atoms with E-state index in [0.717, 1.165) is 21.0 Å². The van der Waals surface area contributed by atoms with Gasteiger partial charge in [0.1, 0.15) is 0 Å². The molecule has 1 N–H and O–H groups in total. The largest absolute Gasteiger partial charge is 0.538 e. The average Bonchev–Trinajstić information content (AvgIpc) is 2.73. The standard InChI is InChI=1S/C12H12IN3O3S/c1-7(20-11-12(18)19-15-16(11)2)10(17)14-9-5-3-8(13)4-6-9/h3-7H,1-2H3,(H-,14,15,17,18). The minimum Gasteiger partial charge on any atom is -0.538 e. The molecule has 20 heavy (non-hydrogen) atoms. The summed E-state index contributed by atoms with van der Waals surface area (Å²) in [4.78, 5) is 12.1. The summed E-state index contributed by atoms with van der Waals surface area (Å²) in [6.07, 6.45) is 0. The van der Waals surface area contributed by atoms with Crippen molar-refractivity contribution in [3.63, 3.8) is 0 Å². The number of hydrogen-bond donors (Lipinski definition) is 1. The highest BCUT2D eigenvalue weighted by atomic mass is 127. The van der Waals surface area contributed by atoms with E-state index in [1.54, 1.807) is 14.0 Å². The average molecular weight is 405 g/mol. The summed E-state index contributed by atoms with van der Waals surface area (Å²) in [6.45, 7) is 1.72. The van der Waals surface area contributed by atoms with Crippen molar-refractivity contribution in [1.29, 1.82) is 0 Å². The van der Waals surface area contributed by atoms with Crippen molar-refractivity contribution in [2.75, 3.05) is 5.32 Å². The molecular weight excluding hydrogens is 393 g/mol. The molecule has 0 radical (unpaired) electrons. The minimum atomic E-state index is -0.536. The Kier molecular flexibility index (Phi) is 4.86. The van der Waals surface area contributed by atoms with Crippen molar-refractivity contribution in [2.24, 2.45) is 7.05 Å². The zero-order valence-corrected chi connectivity index (χ0v) is 13.8. The second-order valence-electron chi connectivity index (χ2n) is 4.05. The number of rotatable bonds is 4. The lowest BCUT2D eigenvalue weighted by atomic mass is 10.3. The number of nitrogens with zero attached hydrogens (tertiary/aromatic N) is 2. The zero-order chi connectivity index (χ0) is 14.7. The van der Waals surface area contributed by atoms with Gasteiger partial charge in [0, 0.05) is 9.26 Å². The van der Waals surface area contributed by atoms with Crippen LogP contribution in [-0.4, -0.2) is 16.4 Å². The normalized spacial score (nSPS) is 12.2. The smallest absolute Gasteiger partial charge is 0.291 e. The van der Waals surface area contributed by atoms with Crippen LogP contribution in [0.1, 0.15) is 6.92 Å². The van der Waals surface area contributed by atoms with Crippen molar-refractivity contribution in [2.45, 2.75) is 17.2 Å². The predicted molar refractivity (Wildman–Crippen MR) is 80.2 cm³/mol. The van der Waals surface area contributed by atoms with Crippen LogP contribution in [0.2, 0.25) is 0 Å². The van der Waals surface area contributed by atoms with Gasteiger partial charge >= 0.3 is 0 Å². The van der Waals surface area contributed by atoms with Crippen LogP contribution in [0.4, 0.5) is 5.69 Å². The Morgan fingerprint density at radius 1 is 1.50 bits per heavy atom. The molecule has 0 aliphatic rings. The van der Waals surface area contributed by atoms with E-state index in [2.05, 4.69) is 37.7 Å². The van der Waals surface area contributed by atoms with E-state index in [-0.39, 0.29) is 5.91 Å². The number of thioether (sulfide) groups is 1. The van der Waals surface area contributed by atoms with Gasteiger partial charge in [-0.05, 0) is 65.5 Å². The summed E-state index contributed by atoms with van der Waals surface area (Å²) in [6, 6.07) is 7.47. The van der Waals surface area contributed by atoms with E-state index in [1.165, 1.54) is 4.68 Å². The molecule has 1 unspecified atom stereocenters. The maximum Gasteiger partial charge on any atom is 0.291 e. The highest BCUT2D eigenvalue weighted by molar-refractivity contribution is 14.1. The van der Waals surface area contributed by atoms with Crippen molar-refractivity contribution >= 4 is 45.9 Å². The molecule has 1 atom stereocenters. The summed E-state index contributed by atoms with van der Waals surface area (Å²) in [5, 5.41) is 17.5. The molecular formula is C12H12IN3O3S. The molecule has 0 saturated carbocycles. The van der Waals surface area contributed by atoms with Crippen LogP contribution < -0.4 is 15.1 Å². The van der Waals surface area contributed by atoms with Crippen molar-refractivity contribution in [3.8, 4) is 5.95 Å². The first-order valence-corrected chi connectivity index (χ1v) is 7.69. The molecule has 6 nitrogen and oxygen atoms in total. The third kappa shape index (κ3) is 3.63. The van der Waals surface area contributed by atoms with Crippen LogP contribution in [-0.2, 0) is 11.8 Å². The Morgan fingerprint density at radius 2 is 2.15 bits per heavy atom. The molecule has 0 spiro atoms. The molecule has 0 aliphatic heterocycles. The van der Waals surface area contributed by atoms with Crippen molar-refractivity contribution in [1.82, 2.24) is 5.27 Å². The summed E-state index contributed by atoms with van der Waals surface area (Å²) >= 11 is 3.31. The third-order valence-electron chi connectivity index (χ3n) is 2.48. The van der Waals surface area contributed by atoms with Crippen LogP contribution >= 0.6 is 34.4 Å². The van der Waals surface area contributed by atoms with Crippen LogP contribution in [0, 0.1) is 3.57 Å². The number of benzene rings is 1. The molecule has 1 amide bonds. The van der Waals surface area contributed by atoms with Gasteiger partial charge < -0.3 is 14.9 Å². The number of anilines is 1. The van der Waals surface area contributed by atoms with Gasteiger partial charge in [0.05, 0.1) is 10.5 Å². The highest BCUT2D eigenvalue weighted by Gasteiger charge is 2.22. The summed E-state index contributed by atoms with van der Waals surface area (Å²) in [7, 11) is 1.59. The van der Waals surface area contributed by atoms with Crippen molar-refractivity contribution < 1.29 is 19.1 Å². The second-order valence-corrected chi connectivity index (χ2v) is 6.62. The molecule has 1 aromatic carbocycles. The Balaban J connectivity index is 2.00. The van der Waals surface area contributed by atoms with Gasteiger partial charge in [0.15, 0.2) is 13.0 Å². The van der Waals surface area contributed by atoms with Crippen LogP contribution in [0.3, 0.4) is 0 Å². The molecule has 106 valence electrons. The topological polar surface area (TPSA) is 82.1 Å². The number of hydrogen-bond acceptors (Lipinski definition) is 5. The number of carbonyl (C=O) groups excluding carboxylic acids is 1. The number of amides is 1. The lowest BCUT2D eigenvalue weighted by Gasteiger charge is -2.10. The quantitative estimate of drug-likeness (QED) is 0.471. The van der Waals surface area contributed by atoms with Gasteiger partial charge in [-0.2, -0.15) is 0 Å². The van der Waals surface area contributed by atoms with Gasteiger partial charge in [-0.15, -0.1) is 0 Å². The molecule has 1 aromatic heterocycles. The summed E-state index contributed by atoms with van der Waals surface area (Å²) in [5.41, 5.74) is 0.722. The predicted octanol–water partition coefficient (Wildman–Crippen LogP) is 1.30. The van der Waals surface area contributed by atoms with Gasteiger partial charge in [0.25, 0.3) is 5.03 Å². The van der Waals surface area contributed by atoms with E-state index in [1.807, 2.05) is 24.3 Å². The van der Waals surface area contributed by atoms with E-state index < -0.39 is 11.2 Å². The first kappa shape index (κ1) is 15.1. The van der Waals surface area contributed by atoms with E-state index in [0.29, 0.717) is 5.03 Å². The van der Waals surface area contributed by atoms with Crippen molar-refractivity contribution in [3.05, 3.63) is 27.8 Å². The van der Waals surface area contributed by atoms with Gasteiger partial charge in [0.2, 0.25) is 5.91 Å². The number of nitrogens with one attached hydrogen (secondary N) is 1. The molecule has 1 heterocycles. The lowest BCUT2D eigenvalue weighted by Crippen LogP contribution is -2.33. The molecule has 0 saturated heterocycles. The molecule has 2 rings (SSSR count). The van der Waals surface area contributed by atoms with E-state index in [4.69, 9.17) is 0 Å². The maximum absolute atomic E-state index is 12.1. The Labute approximate surface area is 133 Å². The second kappa shape index (κ2) is 6.44. The minimum absolute atomic E-state index is 0.184. The highest BCUT2D eigenvalue weighted by Crippen LogP contribution is 2.26. The zero-order valence-electron chi connectivity index (χ0n) is 10.8. The van der Waals surface area contributed by atoms with Crippen LogP contribution in [0.25, 0.3) is 0 Å². The lowest BCUT2D eigenvalue weighted by molar-refractivity contribution is -0.772. The first-order valence-electron chi connectivity index (χ1n) is 5.73. The Bertz CT molecular complexity index is 595. The maximum atomic E-state index is 12.1. The number of aryl methyl sites for hydroxylation is 1. The van der Waals surface area contributed by atoms with Gasteiger partial charge in [-0.1, -0.05) is 4.68 Å². The molecule has 2 aromatic rings. The monoisotopic (exact) mass is 405 g/mol. The fraction of sp³-hybridized carbons (Fsp3) is 0.250. The SMILES string of the molecule is CC(Sc1c([O-])on[n+]1C)C(=O)Nc1ccc(I)cc1. The Hall–Kier alpha value is -1.29. The fourth-order valence-corrected chi connectivity index (χ4v) is 2.61. The van der Waals surface area contributed by atoms with E-state index >= 15 is 0 Å². The summed E-state index contributed by atoms with van der Waals surface area (Å²) < 4.78 is 6.93. The number of carbonyl (C=O) groups is 1. The van der Waals surface area contributed by atoms with Crippen LogP contribution in [0.5, 0.6) is 5.95 Å². The number of aromatic nitrogens is 2. The third-order valence-corrected chi connectivity index (χ3v) is 4.43. The molecule has 0 aliphatic carbocycles.